The van der Waals surface area contributed by atoms with Gasteiger partial charge in [0, 0.05) is 50.5 Å². The molecule has 30 heavy (non-hydrogen) atoms. The van der Waals surface area contributed by atoms with E-state index in [0.717, 1.165) is 11.8 Å². The van der Waals surface area contributed by atoms with E-state index in [4.69, 9.17) is 11.6 Å². The number of carbonyl (C=O) groups is 1. The molecule has 1 saturated heterocycles. The van der Waals surface area contributed by atoms with E-state index in [-0.39, 0.29) is 28.6 Å². The Hall–Kier alpha value is -2.69. The lowest BCUT2D eigenvalue weighted by molar-refractivity contribution is -0.384. The van der Waals surface area contributed by atoms with E-state index in [0.29, 0.717) is 26.2 Å². The summed E-state index contributed by atoms with van der Waals surface area (Å²) in [5, 5.41) is 13.4. The van der Waals surface area contributed by atoms with E-state index in [1.165, 1.54) is 16.4 Å². The average Bonchev–Trinajstić information content (AvgIpc) is 2.74. The van der Waals surface area contributed by atoms with Gasteiger partial charge in [-0.15, -0.1) is 0 Å². The molecule has 0 unspecified atom stereocenters. The Kier molecular flexibility index (Phi) is 6.91. The van der Waals surface area contributed by atoms with Crippen LogP contribution in [0.2, 0.25) is 5.02 Å². The Bertz CT molecular complexity index is 1020. The summed E-state index contributed by atoms with van der Waals surface area (Å²) in [4.78, 5) is 24.6. The summed E-state index contributed by atoms with van der Waals surface area (Å²) in [7, 11) is -3.55. The molecule has 9 nitrogen and oxygen atoms in total. The molecule has 1 N–H and O–H groups in total. The zero-order valence-corrected chi connectivity index (χ0v) is 17.6. The zero-order valence-electron chi connectivity index (χ0n) is 16.0. The van der Waals surface area contributed by atoms with Crippen LogP contribution in [0, 0.1) is 10.1 Å². The van der Waals surface area contributed by atoms with Crippen LogP contribution < -0.4 is 10.2 Å². The number of hydrogen-bond acceptors (Lipinski definition) is 6. The lowest BCUT2D eigenvalue weighted by atomic mass is 10.2. The first kappa shape index (κ1) is 22.0. The minimum absolute atomic E-state index is 0.0537. The number of carbonyl (C=O) groups excluding carboxylic acids is 1. The van der Waals surface area contributed by atoms with Crippen molar-refractivity contribution in [3.63, 3.8) is 0 Å². The highest BCUT2D eigenvalue weighted by atomic mass is 35.5. The van der Waals surface area contributed by atoms with Gasteiger partial charge in [-0.05, 0) is 18.2 Å². The molecule has 2 aromatic rings. The van der Waals surface area contributed by atoms with Gasteiger partial charge in [0.15, 0.2) is 0 Å². The Balaban J connectivity index is 1.53. The Morgan fingerprint density at radius 2 is 1.77 bits per heavy atom. The van der Waals surface area contributed by atoms with E-state index in [2.05, 4.69) is 10.2 Å². The second-order valence-electron chi connectivity index (χ2n) is 6.71. The maximum absolute atomic E-state index is 12.6. The summed E-state index contributed by atoms with van der Waals surface area (Å²) in [5.74, 6) is -0.927. The topological polar surface area (TPSA) is 113 Å². The number of nitro groups is 1. The third-order valence-electron chi connectivity index (χ3n) is 4.80. The highest BCUT2D eigenvalue weighted by Gasteiger charge is 2.27. The minimum atomic E-state index is -3.55. The molecule has 3 rings (SSSR count). The molecular weight excluding hydrogens is 432 g/mol. The van der Waals surface area contributed by atoms with Crippen molar-refractivity contribution in [3.05, 3.63) is 69.2 Å². The highest BCUT2D eigenvalue weighted by Crippen LogP contribution is 2.22. The molecule has 1 aliphatic heterocycles. The second kappa shape index (κ2) is 9.41. The van der Waals surface area contributed by atoms with E-state index < -0.39 is 20.9 Å². The van der Waals surface area contributed by atoms with Crippen LogP contribution in [0.15, 0.2) is 48.5 Å². The lowest BCUT2D eigenvalue weighted by Gasteiger charge is -2.35. The molecule has 0 aliphatic carbocycles. The summed E-state index contributed by atoms with van der Waals surface area (Å²) < 4.78 is 26.6. The van der Waals surface area contributed by atoms with Crippen LogP contribution >= 0.6 is 11.6 Å². The van der Waals surface area contributed by atoms with Crippen molar-refractivity contribution in [3.8, 4) is 0 Å². The molecule has 0 atom stereocenters. The fourth-order valence-corrected chi connectivity index (χ4v) is 4.72. The molecular formula is C19H21ClN4O5S. The number of nitrogens with zero attached hydrogens (tertiary/aromatic N) is 3. The number of para-hydroxylation sites is 1. The maximum Gasteiger partial charge on any atom is 0.270 e. The number of piperazine rings is 1. The van der Waals surface area contributed by atoms with Crippen molar-refractivity contribution < 1.29 is 18.1 Å². The number of non-ortho nitro benzene ring substituents is 1. The standard InChI is InChI=1S/C19H21ClN4O5S/c20-18-7-6-16(24(26)27)14-17(18)19(25)21-8-13-30(28,29)23-11-9-22(10-12-23)15-4-2-1-3-5-15/h1-7,14H,8-13H2,(H,21,25). The quantitative estimate of drug-likeness (QED) is 0.508. The van der Waals surface area contributed by atoms with Crippen molar-refractivity contribution >= 4 is 38.9 Å². The van der Waals surface area contributed by atoms with Crippen LogP contribution in [0.1, 0.15) is 10.4 Å². The summed E-state index contributed by atoms with van der Waals surface area (Å²) in [6.07, 6.45) is 0. The molecule has 0 aromatic heterocycles. The third kappa shape index (κ3) is 5.26. The van der Waals surface area contributed by atoms with Gasteiger partial charge in [-0.2, -0.15) is 4.31 Å². The number of sulfonamides is 1. The Labute approximate surface area is 179 Å². The van der Waals surface area contributed by atoms with Gasteiger partial charge in [0.2, 0.25) is 10.0 Å². The molecule has 1 aliphatic rings. The molecule has 0 saturated carbocycles. The zero-order chi connectivity index (χ0) is 21.7. The lowest BCUT2D eigenvalue weighted by Crippen LogP contribution is -2.50. The number of hydrogen-bond donors (Lipinski definition) is 1. The predicted molar refractivity (Wildman–Crippen MR) is 114 cm³/mol. The van der Waals surface area contributed by atoms with E-state index in [9.17, 15) is 23.3 Å². The van der Waals surface area contributed by atoms with Gasteiger partial charge in [-0.3, -0.25) is 14.9 Å². The first-order valence-corrected chi connectivity index (χ1v) is 11.3. The molecule has 1 fully saturated rings. The van der Waals surface area contributed by atoms with Crippen LogP contribution in [0.25, 0.3) is 0 Å². The van der Waals surface area contributed by atoms with Crippen molar-refractivity contribution in [1.82, 2.24) is 9.62 Å². The van der Waals surface area contributed by atoms with E-state index in [1.54, 1.807) is 0 Å². The van der Waals surface area contributed by atoms with Crippen molar-refractivity contribution in [1.29, 1.82) is 0 Å². The fourth-order valence-electron chi connectivity index (χ4n) is 3.18. The van der Waals surface area contributed by atoms with Gasteiger partial charge < -0.3 is 10.2 Å². The fraction of sp³-hybridized carbons (Fsp3) is 0.316. The van der Waals surface area contributed by atoms with Gasteiger partial charge in [0.25, 0.3) is 11.6 Å². The molecule has 11 heteroatoms. The molecule has 1 heterocycles. The van der Waals surface area contributed by atoms with E-state index >= 15 is 0 Å². The summed E-state index contributed by atoms with van der Waals surface area (Å²) >= 11 is 5.94. The van der Waals surface area contributed by atoms with Crippen LogP contribution in [-0.2, 0) is 10.0 Å². The van der Waals surface area contributed by atoms with Gasteiger partial charge in [0.05, 0.1) is 21.3 Å². The molecule has 2 aromatic carbocycles. The largest absolute Gasteiger partial charge is 0.369 e. The number of nitro benzene ring substituents is 1. The minimum Gasteiger partial charge on any atom is -0.369 e. The average molecular weight is 453 g/mol. The molecule has 0 radical (unpaired) electrons. The van der Waals surface area contributed by atoms with Gasteiger partial charge in [-0.1, -0.05) is 29.8 Å². The molecule has 1 amide bonds. The first-order valence-electron chi connectivity index (χ1n) is 9.28. The van der Waals surface area contributed by atoms with Gasteiger partial charge in [-0.25, -0.2) is 8.42 Å². The van der Waals surface area contributed by atoms with Crippen LogP contribution in [-0.4, -0.2) is 62.0 Å². The van der Waals surface area contributed by atoms with Crippen molar-refractivity contribution in [2.75, 3.05) is 43.4 Å². The predicted octanol–water partition coefficient (Wildman–Crippen LogP) is 2.13. The number of amides is 1. The SMILES string of the molecule is O=C(NCCS(=O)(=O)N1CCN(c2ccccc2)CC1)c1cc([N+](=O)[O-])ccc1Cl. The molecule has 160 valence electrons. The summed E-state index contributed by atoms with van der Waals surface area (Å²) in [6.45, 7) is 1.76. The van der Waals surface area contributed by atoms with Gasteiger partial charge >= 0.3 is 0 Å². The summed E-state index contributed by atoms with van der Waals surface area (Å²) in [6, 6.07) is 13.3. The maximum atomic E-state index is 12.6. The summed E-state index contributed by atoms with van der Waals surface area (Å²) in [5.41, 5.74) is 0.712. The molecule has 0 bridgehead atoms. The second-order valence-corrected chi connectivity index (χ2v) is 9.21. The smallest absolute Gasteiger partial charge is 0.270 e. The molecule has 0 spiro atoms. The number of nitrogens with one attached hydrogen (secondary N) is 1. The van der Waals surface area contributed by atoms with Crippen LogP contribution in [0.5, 0.6) is 0 Å². The third-order valence-corrected chi connectivity index (χ3v) is 7.01. The monoisotopic (exact) mass is 452 g/mol. The first-order chi connectivity index (χ1) is 14.3. The normalized spacial score (nSPS) is 15.0. The van der Waals surface area contributed by atoms with Crippen LogP contribution in [0.4, 0.5) is 11.4 Å². The number of rotatable bonds is 7. The highest BCUT2D eigenvalue weighted by molar-refractivity contribution is 7.89. The van der Waals surface area contributed by atoms with Crippen molar-refractivity contribution in [2.24, 2.45) is 0 Å². The number of anilines is 1. The van der Waals surface area contributed by atoms with Crippen LogP contribution in [0.3, 0.4) is 0 Å². The van der Waals surface area contributed by atoms with Gasteiger partial charge in [0.1, 0.15) is 0 Å². The Morgan fingerprint density at radius 1 is 1.10 bits per heavy atom. The van der Waals surface area contributed by atoms with E-state index in [1.807, 2.05) is 30.3 Å². The number of benzene rings is 2. The number of halogens is 1. The van der Waals surface area contributed by atoms with Crippen molar-refractivity contribution in [2.45, 2.75) is 0 Å². The Morgan fingerprint density at radius 3 is 2.40 bits per heavy atom.